The molecule has 172 valence electrons. The normalized spacial score (nSPS) is 11.0. The number of aryl methyl sites for hydroxylation is 1. The molecule has 2 heterocycles. The third-order valence-electron chi connectivity index (χ3n) is 5.54. The number of aromatic nitrogens is 3. The van der Waals surface area contributed by atoms with E-state index in [1.165, 1.54) is 7.11 Å². The van der Waals surface area contributed by atoms with Gasteiger partial charge in [-0.25, -0.2) is 9.97 Å². The molecule has 0 atom stereocenters. The third kappa shape index (κ3) is 3.99. The number of benzene rings is 2. The number of methoxy groups -OCH3 is 1. The van der Waals surface area contributed by atoms with Crippen molar-refractivity contribution in [3.63, 3.8) is 0 Å². The summed E-state index contributed by atoms with van der Waals surface area (Å²) in [6, 6.07) is 9.73. The van der Waals surface area contributed by atoms with Gasteiger partial charge < -0.3 is 14.6 Å². The highest BCUT2D eigenvalue weighted by Crippen LogP contribution is 2.37. The Balaban J connectivity index is 1.90. The summed E-state index contributed by atoms with van der Waals surface area (Å²) >= 11 is 0. The van der Waals surface area contributed by atoms with E-state index >= 15 is 0 Å². The van der Waals surface area contributed by atoms with E-state index in [4.69, 9.17) is 9.72 Å². The Kier molecular flexibility index (Phi) is 5.86. The Bertz CT molecular complexity index is 1470. The lowest BCUT2D eigenvalue weighted by atomic mass is 9.95. The van der Waals surface area contributed by atoms with Crippen molar-refractivity contribution in [2.75, 3.05) is 12.4 Å². The van der Waals surface area contributed by atoms with Crippen molar-refractivity contribution in [3.8, 4) is 23.1 Å². The number of nitrogens with zero attached hydrogens (tertiary/aromatic N) is 5. The number of fused-ring (bicyclic) bond motifs is 1. The third-order valence-corrected chi connectivity index (χ3v) is 5.54. The Morgan fingerprint density at radius 3 is 2.71 bits per heavy atom. The first-order valence-corrected chi connectivity index (χ1v) is 10.4. The smallest absolute Gasteiger partial charge is 0.307 e. The van der Waals surface area contributed by atoms with Crippen molar-refractivity contribution in [1.82, 2.24) is 14.5 Å². The molecule has 2 aromatic heterocycles. The second kappa shape index (κ2) is 8.78. The first-order chi connectivity index (χ1) is 16.2. The molecule has 2 aromatic carbocycles. The van der Waals surface area contributed by atoms with Gasteiger partial charge in [0.1, 0.15) is 5.75 Å². The fourth-order valence-electron chi connectivity index (χ4n) is 3.79. The van der Waals surface area contributed by atoms with E-state index in [1.807, 2.05) is 43.8 Å². The molecule has 0 aliphatic rings. The second-order valence-corrected chi connectivity index (χ2v) is 8.03. The molecule has 0 bridgehead atoms. The molecular weight excluding hydrogens is 439 g/mol. The second-order valence-electron chi connectivity index (χ2n) is 8.03. The minimum absolute atomic E-state index is 0.0677. The summed E-state index contributed by atoms with van der Waals surface area (Å²) in [6.45, 7) is 4.02. The van der Waals surface area contributed by atoms with Gasteiger partial charge in [-0.15, -0.1) is 0 Å². The first kappa shape index (κ1) is 22.7. The van der Waals surface area contributed by atoms with Crippen molar-refractivity contribution in [1.29, 1.82) is 5.26 Å². The molecule has 0 aliphatic heterocycles. The van der Waals surface area contributed by atoms with Gasteiger partial charge in [0.2, 0.25) is 11.8 Å². The average molecular weight is 460 g/mol. The highest BCUT2D eigenvalue weighted by atomic mass is 19.1. The highest BCUT2D eigenvalue weighted by molar-refractivity contribution is 5.96. The Morgan fingerprint density at radius 2 is 2.06 bits per heavy atom. The molecule has 4 aromatic rings. The minimum Gasteiger partial charge on any atom is -0.494 e. The van der Waals surface area contributed by atoms with E-state index in [1.54, 1.807) is 12.3 Å². The molecule has 0 saturated carbocycles. The molecule has 10 heteroatoms. The van der Waals surface area contributed by atoms with Crippen molar-refractivity contribution >= 4 is 28.2 Å². The molecule has 0 amide bonds. The maximum absolute atomic E-state index is 14.0. The summed E-state index contributed by atoms with van der Waals surface area (Å²) in [5.74, 6) is -0.720. The lowest BCUT2D eigenvalue weighted by molar-refractivity contribution is -0.387. The number of hydrogen-bond donors (Lipinski definition) is 1. The number of nitro groups is 1. The molecule has 0 aliphatic carbocycles. The van der Waals surface area contributed by atoms with Gasteiger partial charge in [0, 0.05) is 48.0 Å². The standard InChI is InChI=1S/C24H21FN6O3/c1-13(2)17-12-27-24(28-19-10-21(31(32)33)18(25)9-22(19)34-4)29-23(17)16-7-14(11-26)8-20-15(16)5-6-30(20)3/h5-10,12-13H,1-4H3,(H,27,28,29). The predicted molar refractivity (Wildman–Crippen MR) is 126 cm³/mol. The summed E-state index contributed by atoms with van der Waals surface area (Å²) in [4.78, 5) is 19.5. The quantitative estimate of drug-likeness (QED) is 0.301. The molecule has 34 heavy (non-hydrogen) atoms. The zero-order valence-corrected chi connectivity index (χ0v) is 19.0. The largest absolute Gasteiger partial charge is 0.494 e. The fourth-order valence-corrected chi connectivity index (χ4v) is 3.79. The lowest BCUT2D eigenvalue weighted by Gasteiger charge is -2.16. The van der Waals surface area contributed by atoms with Crippen LogP contribution in [0, 0.1) is 27.3 Å². The molecule has 0 unspecified atom stereocenters. The van der Waals surface area contributed by atoms with Gasteiger partial charge in [-0.3, -0.25) is 10.1 Å². The van der Waals surface area contributed by atoms with Gasteiger partial charge in [0.05, 0.1) is 35.0 Å². The van der Waals surface area contributed by atoms with Crippen LogP contribution < -0.4 is 10.1 Å². The van der Waals surface area contributed by atoms with E-state index in [-0.39, 0.29) is 23.3 Å². The van der Waals surface area contributed by atoms with Gasteiger partial charge >= 0.3 is 5.69 Å². The maximum Gasteiger partial charge on any atom is 0.307 e. The molecule has 0 fully saturated rings. The number of rotatable bonds is 6. The van der Waals surface area contributed by atoms with Crippen LogP contribution in [0.4, 0.5) is 21.7 Å². The van der Waals surface area contributed by atoms with E-state index in [9.17, 15) is 19.8 Å². The molecular formula is C24H21FN6O3. The number of halogens is 1. The summed E-state index contributed by atoms with van der Waals surface area (Å²) < 4.78 is 21.2. The van der Waals surface area contributed by atoms with Crippen molar-refractivity contribution in [3.05, 3.63) is 69.8 Å². The molecule has 1 N–H and O–H groups in total. The maximum atomic E-state index is 14.0. The van der Waals surface area contributed by atoms with Gasteiger partial charge in [-0.2, -0.15) is 9.65 Å². The molecule has 9 nitrogen and oxygen atoms in total. The van der Waals surface area contributed by atoms with Crippen LogP contribution in [0.25, 0.3) is 22.2 Å². The summed E-state index contributed by atoms with van der Waals surface area (Å²) in [7, 11) is 3.23. The van der Waals surface area contributed by atoms with Crippen molar-refractivity contribution in [2.45, 2.75) is 19.8 Å². The number of anilines is 2. The number of hydrogen-bond acceptors (Lipinski definition) is 7. The van der Waals surface area contributed by atoms with Gasteiger partial charge in [-0.05, 0) is 29.7 Å². The molecule has 0 saturated heterocycles. The van der Waals surface area contributed by atoms with E-state index in [0.29, 0.717) is 11.3 Å². The fraction of sp³-hybridized carbons (Fsp3) is 0.208. The summed E-state index contributed by atoms with van der Waals surface area (Å²) in [6.07, 6.45) is 3.58. The lowest BCUT2D eigenvalue weighted by Crippen LogP contribution is -2.05. The minimum atomic E-state index is -1.01. The number of nitrogens with one attached hydrogen (secondary N) is 1. The SMILES string of the molecule is COc1cc(F)c([N+](=O)[O-])cc1Nc1ncc(C(C)C)c(-c2cc(C#N)cc3c2ccn3C)n1. The zero-order valence-electron chi connectivity index (χ0n) is 19.0. The van der Waals surface area contributed by atoms with E-state index in [2.05, 4.69) is 16.4 Å². The monoisotopic (exact) mass is 460 g/mol. The van der Waals surface area contributed by atoms with Crippen LogP contribution in [-0.4, -0.2) is 26.6 Å². The topological polar surface area (TPSA) is 119 Å². The van der Waals surface area contributed by atoms with E-state index < -0.39 is 16.4 Å². The first-order valence-electron chi connectivity index (χ1n) is 10.4. The zero-order chi connectivity index (χ0) is 24.6. The average Bonchev–Trinajstić information content (AvgIpc) is 3.19. The van der Waals surface area contributed by atoms with Crippen molar-refractivity contribution in [2.24, 2.45) is 7.05 Å². The van der Waals surface area contributed by atoms with Crippen LogP contribution in [-0.2, 0) is 7.05 Å². The van der Waals surface area contributed by atoms with Gasteiger partial charge in [-0.1, -0.05) is 13.8 Å². The van der Waals surface area contributed by atoms with Gasteiger partial charge in [0.15, 0.2) is 0 Å². The Morgan fingerprint density at radius 1 is 1.29 bits per heavy atom. The molecule has 0 spiro atoms. The van der Waals surface area contributed by atoms with Crippen LogP contribution in [0.15, 0.2) is 42.7 Å². The predicted octanol–water partition coefficient (Wildman–Crippen LogP) is 5.43. The van der Waals surface area contributed by atoms with Crippen LogP contribution in [0.1, 0.15) is 30.9 Å². The van der Waals surface area contributed by atoms with Crippen LogP contribution >= 0.6 is 0 Å². The molecule has 4 rings (SSSR count). The highest BCUT2D eigenvalue weighted by Gasteiger charge is 2.21. The van der Waals surface area contributed by atoms with E-state index in [0.717, 1.165) is 34.2 Å². The van der Waals surface area contributed by atoms with Crippen LogP contribution in [0.3, 0.4) is 0 Å². The Labute approximate surface area is 194 Å². The van der Waals surface area contributed by atoms with Crippen LogP contribution in [0.2, 0.25) is 0 Å². The summed E-state index contributed by atoms with van der Waals surface area (Å²) in [5, 5.41) is 24.6. The summed E-state index contributed by atoms with van der Waals surface area (Å²) in [5.41, 5.74) is 3.07. The molecule has 0 radical (unpaired) electrons. The number of nitriles is 1. The Hall–Kier alpha value is -4.52. The van der Waals surface area contributed by atoms with Crippen molar-refractivity contribution < 1.29 is 14.1 Å². The van der Waals surface area contributed by atoms with Crippen LogP contribution in [0.5, 0.6) is 5.75 Å². The number of nitro benzene ring substituents is 1. The number of ether oxygens (including phenoxy) is 1. The van der Waals surface area contributed by atoms with Gasteiger partial charge in [0.25, 0.3) is 0 Å².